The first-order valence-corrected chi connectivity index (χ1v) is 8.97. The Kier molecular flexibility index (Phi) is 5.05. The van der Waals surface area contributed by atoms with Gasteiger partial charge in [0.1, 0.15) is 0 Å². The number of rotatable bonds is 3. The van der Waals surface area contributed by atoms with Crippen LogP contribution in [0.25, 0.3) is 0 Å². The number of hydrogen-bond acceptors (Lipinski definition) is 4. The number of hydrogen-bond donors (Lipinski definition) is 2. The summed E-state index contributed by atoms with van der Waals surface area (Å²) in [5.41, 5.74) is 9.37. The van der Waals surface area contributed by atoms with Crippen LogP contribution in [0.5, 0.6) is 0 Å². The second kappa shape index (κ2) is 6.85. The highest BCUT2D eigenvalue weighted by atomic mass is 16.5. The summed E-state index contributed by atoms with van der Waals surface area (Å²) in [4.78, 5) is 12.3. The van der Waals surface area contributed by atoms with Crippen molar-refractivity contribution < 1.29 is 9.53 Å². The van der Waals surface area contributed by atoms with E-state index in [4.69, 9.17) is 10.5 Å². The largest absolute Gasteiger partial charge is 0.381 e. The van der Waals surface area contributed by atoms with Crippen molar-refractivity contribution in [1.82, 2.24) is 10.4 Å². The number of methoxy groups -OCH3 is 1. The molecule has 4 atom stereocenters. The summed E-state index contributed by atoms with van der Waals surface area (Å²) < 4.78 is 5.48. The van der Waals surface area contributed by atoms with Gasteiger partial charge in [-0.3, -0.25) is 10.2 Å². The molecule has 1 aliphatic heterocycles. The highest BCUT2D eigenvalue weighted by Gasteiger charge is 2.46. The van der Waals surface area contributed by atoms with Crippen LogP contribution in [-0.2, 0) is 9.53 Å². The molecule has 5 heteroatoms. The molecule has 2 saturated carbocycles. The summed E-state index contributed by atoms with van der Waals surface area (Å²) in [6, 6.07) is 1.10. The molecule has 2 aliphatic carbocycles. The van der Waals surface area contributed by atoms with Crippen LogP contribution in [0.3, 0.4) is 0 Å². The van der Waals surface area contributed by atoms with E-state index in [1.54, 1.807) is 7.11 Å². The third kappa shape index (κ3) is 3.17. The topological polar surface area (TPSA) is 67.6 Å². The summed E-state index contributed by atoms with van der Waals surface area (Å²) in [6.45, 7) is 2.08. The molecule has 0 aromatic heterocycles. The first kappa shape index (κ1) is 16.2. The Labute approximate surface area is 133 Å². The molecule has 3 rings (SSSR count). The fourth-order valence-electron chi connectivity index (χ4n) is 4.81. The first-order valence-electron chi connectivity index (χ1n) is 8.97. The molecule has 0 aromatic carbocycles. The zero-order valence-electron chi connectivity index (χ0n) is 14.0. The molecule has 0 radical (unpaired) electrons. The van der Waals surface area contributed by atoms with Crippen molar-refractivity contribution in [2.75, 3.05) is 7.11 Å². The zero-order valence-corrected chi connectivity index (χ0v) is 14.0. The summed E-state index contributed by atoms with van der Waals surface area (Å²) in [5, 5.41) is 2.31. The lowest BCUT2D eigenvalue weighted by atomic mass is 9.77. The standard InChI is InChI=1S/C17H31N3O2/c1-11-16(12-4-3-5-13(18)10-12)20(19-17(11)21)14-6-8-15(22-2)9-7-14/h11-16H,3-10,18H2,1-2H3,(H,19,21). The molecule has 1 saturated heterocycles. The van der Waals surface area contributed by atoms with Crippen LogP contribution in [0, 0.1) is 11.8 Å². The van der Waals surface area contributed by atoms with E-state index < -0.39 is 0 Å². The van der Waals surface area contributed by atoms with Gasteiger partial charge in [0.05, 0.1) is 12.0 Å². The molecule has 0 aromatic rings. The number of nitrogens with one attached hydrogen (secondary N) is 1. The van der Waals surface area contributed by atoms with Crippen LogP contribution in [0.15, 0.2) is 0 Å². The third-order valence-corrected chi connectivity index (χ3v) is 6.10. The van der Waals surface area contributed by atoms with E-state index in [-0.39, 0.29) is 11.8 Å². The van der Waals surface area contributed by atoms with E-state index in [9.17, 15) is 4.79 Å². The van der Waals surface area contributed by atoms with Crippen molar-refractivity contribution in [2.24, 2.45) is 17.6 Å². The molecule has 3 fully saturated rings. The number of hydrazine groups is 1. The highest BCUT2D eigenvalue weighted by molar-refractivity contribution is 5.80. The van der Waals surface area contributed by atoms with E-state index in [2.05, 4.69) is 17.4 Å². The van der Waals surface area contributed by atoms with Gasteiger partial charge >= 0.3 is 0 Å². The predicted octanol–water partition coefficient (Wildman–Crippen LogP) is 1.81. The quantitative estimate of drug-likeness (QED) is 0.834. The lowest BCUT2D eigenvalue weighted by Gasteiger charge is -2.42. The molecule has 3 N–H and O–H groups in total. The van der Waals surface area contributed by atoms with Gasteiger partial charge in [-0.05, 0) is 50.9 Å². The Bertz CT molecular complexity index is 395. The smallest absolute Gasteiger partial charge is 0.238 e. The Balaban J connectivity index is 1.70. The van der Waals surface area contributed by atoms with Crippen LogP contribution in [0.4, 0.5) is 0 Å². The van der Waals surface area contributed by atoms with Gasteiger partial charge in [0.25, 0.3) is 0 Å². The third-order valence-electron chi connectivity index (χ3n) is 6.10. The minimum Gasteiger partial charge on any atom is -0.381 e. The molecule has 0 bridgehead atoms. The molecule has 1 heterocycles. The van der Waals surface area contributed by atoms with Crippen LogP contribution in [0.2, 0.25) is 0 Å². The van der Waals surface area contributed by atoms with Crippen molar-refractivity contribution in [2.45, 2.75) is 82.5 Å². The Morgan fingerprint density at radius 2 is 1.91 bits per heavy atom. The molecule has 1 amide bonds. The van der Waals surface area contributed by atoms with Gasteiger partial charge in [0.2, 0.25) is 5.91 Å². The molecule has 126 valence electrons. The highest BCUT2D eigenvalue weighted by Crippen LogP contribution is 2.37. The number of nitrogens with two attached hydrogens (primary N) is 1. The van der Waals surface area contributed by atoms with Crippen LogP contribution in [0.1, 0.15) is 58.3 Å². The maximum atomic E-state index is 12.3. The first-order chi connectivity index (χ1) is 10.6. The van der Waals surface area contributed by atoms with Gasteiger partial charge in [-0.1, -0.05) is 13.3 Å². The van der Waals surface area contributed by atoms with Gasteiger partial charge < -0.3 is 10.5 Å². The van der Waals surface area contributed by atoms with Crippen molar-refractivity contribution in [1.29, 1.82) is 0 Å². The second-order valence-corrected chi connectivity index (χ2v) is 7.52. The average molecular weight is 309 g/mol. The Hall–Kier alpha value is -0.650. The molecule has 22 heavy (non-hydrogen) atoms. The number of carbonyl (C=O) groups is 1. The fourth-order valence-corrected chi connectivity index (χ4v) is 4.81. The molecule has 5 nitrogen and oxygen atoms in total. The van der Waals surface area contributed by atoms with E-state index >= 15 is 0 Å². The molecule has 0 spiro atoms. The number of carbonyl (C=O) groups excluding carboxylic acids is 1. The number of ether oxygens (including phenoxy) is 1. The Morgan fingerprint density at radius 3 is 2.55 bits per heavy atom. The van der Waals surface area contributed by atoms with Crippen LogP contribution in [-0.4, -0.2) is 42.3 Å². The summed E-state index contributed by atoms with van der Waals surface area (Å²) in [5.74, 6) is 0.825. The second-order valence-electron chi connectivity index (χ2n) is 7.52. The number of nitrogens with zero attached hydrogens (tertiary/aromatic N) is 1. The average Bonchev–Trinajstić information content (AvgIpc) is 2.83. The lowest BCUT2D eigenvalue weighted by Crippen LogP contribution is -2.52. The maximum Gasteiger partial charge on any atom is 0.238 e. The predicted molar refractivity (Wildman–Crippen MR) is 85.9 cm³/mol. The minimum atomic E-state index is 0.0791. The summed E-state index contributed by atoms with van der Waals surface area (Å²) in [6.07, 6.45) is 9.42. The van der Waals surface area contributed by atoms with Crippen LogP contribution >= 0.6 is 0 Å². The zero-order chi connectivity index (χ0) is 15.7. The SMILES string of the molecule is COC1CCC(N2NC(=O)C(C)C2C2CCCC(N)C2)CC1. The molecular formula is C17H31N3O2. The molecular weight excluding hydrogens is 278 g/mol. The van der Waals surface area contributed by atoms with Crippen molar-refractivity contribution in [3.8, 4) is 0 Å². The van der Waals surface area contributed by atoms with Gasteiger partial charge in [0, 0.05) is 25.2 Å². The van der Waals surface area contributed by atoms with E-state index in [0.29, 0.717) is 30.1 Å². The maximum absolute atomic E-state index is 12.3. The Morgan fingerprint density at radius 1 is 1.18 bits per heavy atom. The van der Waals surface area contributed by atoms with Crippen molar-refractivity contribution in [3.05, 3.63) is 0 Å². The minimum absolute atomic E-state index is 0.0791. The number of amides is 1. The molecule has 4 unspecified atom stereocenters. The van der Waals surface area contributed by atoms with E-state index in [0.717, 1.165) is 38.5 Å². The lowest BCUT2D eigenvalue weighted by molar-refractivity contribution is -0.123. The van der Waals surface area contributed by atoms with Crippen LogP contribution < -0.4 is 11.2 Å². The van der Waals surface area contributed by atoms with Gasteiger partial charge in [0.15, 0.2) is 0 Å². The van der Waals surface area contributed by atoms with Gasteiger partial charge in [-0.2, -0.15) is 0 Å². The van der Waals surface area contributed by atoms with Gasteiger partial charge in [-0.15, -0.1) is 0 Å². The summed E-state index contributed by atoms with van der Waals surface area (Å²) in [7, 11) is 1.80. The normalized spacial score (nSPS) is 44.0. The molecule has 3 aliphatic rings. The van der Waals surface area contributed by atoms with E-state index in [1.807, 2.05) is 0 Å². The fraction of sp³-hybridized carbons (Fsp3) is 0.941. The van der Waals surface area contributed by atoms with Gasteiger partial charge in [-0.25, -0.2) is 5.01 Å². The monoisotopic (exact) mass is 309 g/mol. The van der Waals surface area contributed by atoms with Crippen molar-refractivity contribution in [3.63, 3.8) is 0 Å². The van der Waals surface area contributed by atoms with E-state index in [1.165, 1.54) is 12.8 Å². The van der Waals surface area contributed by atoms with Crippen molar-refractivity contribution >= 4 is 5.91 Å². The summed E-state index contributed by atoms with van der Waals surface area (Å²) >= 11 is 0.